The summed E-state index contributed by atoms with van der Waals surface area (Å²) in [5.41, 5.74) is 0. The number of halogens is 1. The molecule has 1 aliphatic heterocycles. The molecule has 14 heavy (non-hydrogen) atoms. The number of hydrogen-bond donors (Lipinski definition) is 0. The summed E-state index contributed by atoms with van der Waals surface area (Å²) in [6.45, 7) is 3.82. The standard InChI is InChI=1S/C12H22FN/c13-12-6-4-11(5-7-12)10-14-8-2-1-3-9-14/h11-12H,1-10H2. The average Bonchev–Trinajstić information content (AvgIpc) is 2.23. The summed E-state index contributed by atoms with van der Waals surface area (Å²) in [5.74, 6) is 0.792. The van der Waals surface area contributed by atoms with Crippen molar-refractivity contribution in [1.29, 1.82) is 0 Å². The normalized spacial score (nSPS) is 35.8. The Morgan fingerprint density at radius 3 is 2.21 bits per heavy atom. The number of piperidine rings is 1. The lowest BCUT2D eigenvalue weighted by Crippen LogP contribution is -2.35. The lowest BCUT2D eigenvalue weighted by Gasteiger charge is -2.32. The van der Waals surface area contributed by atoms with Crippen molar-refractivity contribution >= 4 is 0 Å². The predicted molar refractivity (Wildman–Crippen MR) is 57.1 cm³/mol. The zero-order valence-electron chi connectivity index (χ0n) is 9.05. The third-order valence-electron chi connectivity index (χ3n) is 3.74. The number of rotatable bonds is 2. The molecule has 1 nitrogen and oxygen atoms in total. The first-order valence-electron chi connectivity index (χ1n) is 6.21. The summed E-state index contributed by atoms with van der Waals surface area (Å²) < 4.78 is 12.9. The van der Waals surface area contributed by atoms with Gasteiger partial charge >= 0.3 is 0 Å². The molecule has 0 radical (unpaired) electrons. The van der Waals surface area contributed by atoms with Crippen LogP contribution < -0.4 is 0 Å². The lowest BCUT2D eigenvalue weighted by molar-refractivity contribution is 0.143. The Hall–Kier alpha value is -0.110. The zero-order chi connectivity index (χ0) is 9.80. The SMILES string of the molecule is FC1CCC(CN2CCCCC2)CC1. The third-order valence-corrected chi connectivity index (χ3v) is 3.74. The topological polar surface area (TPSA) is 3.24 Å². The van der Waals surface area contributed by atoms with E-state index in [9.17, 15) is 4.39 Å². The van der Waals surface area contributed by atoms with Crippen molar-refractivity contribution in [2.24, 2.45) is 5.92 Å². The Bertz CT molecular complexity index is 158. The van der Waals surface area contributed by atoms with Crippen LogP contribution in [0.3, 0.4) is 0 Å². The fourth-order valence-electron chi connectivity index (χ4n) is 2.81. The molecule has 2 fully saturated rings. The van der Waals surface area contributed by atoms with Gasteiger partial charge in [-0.2, -0.15) is 0 Å². The van der Waals surface area contributed by atoms with Gasteiger partial charge in [0.25, 0.3) is 0 Å². The van der Waals surface area contributed by atoms with Crippen LogP contribution in [0.2, 0.25) is 0 Å². The second-order valence-electron chi connectivity index (χ2n) is 4.98. The molecule has 0 aromatic heterocycles. The van der Waals surface area contributed by atoms with Crippen LogP contribution in [-0.2, 0) is 0 Å². The molecule has 2 heteroatoms. The van der Waals surface area contributed by atoms with E-state index < -0.39 is 6.17 Å². The summed E-state index contributed by atoms with van der Waals surface area (Å²) >= 11 is 0. The Morgan fingerprint density at radius 1 is 0.929 bits per heavy atom. The van der Waals surface area contributed by atoms with Crippen molar-refractivity contribution < 1.29 is 4.39 Å². The van der Waals surface area contributed by atoms with E-state index in [0.29, 0.717) is 0 Å². The highest BCUT2D eigenvalue weighted by Gasteiger charge is 2.22. The fraction of sp³-hybridized carbons (Fsp3) is 1.00. The number of hydrogen-bond acceptors (Lipinski definition) is 1. The van der Waals surface area contributed by atoms with Gasteiger partial charge in [-0.05, 0) is 57.5 Å². The van der Waals surface area contributed by atoms with Gasteiger partial charge < -0.3 is 4.90 Å². The summed E-state index contributed by atoms with van der Waals surface area (Å²) in [6, 6.07) is 0. The van der Waals surface area contributed by atoms with Crippen LogP contribution >= 0.6 is 0 Å². The summed E-state index contributed by atoms with van der Waals surface area (Å²) in [4.78, 5) is 2.59. The van der Waals surface area contributed by atoms with E-state index >= 15 is 0 Å². The Morgan fingerprint density at radius 2 is 1.57 bits per heavy atom. The van der Waals surface area contributed by atoms with Crippen LogP contribution in [0.5, 0.6) is 0 Å². The largest absolute Gasteiger partial charge is 0.303 e. The van der Waals surface area contributed by atoms with Crippen LogP contribution in [0, 0.1) is 5.92 Å². The molecule has 2 aliphatic rings. The molecule has 0 unspecified atom stereocenters. The van der Waals surface area contributed by atoms with Gasteiger partial charge in [0, 0.05) is 6.54 Å². The van der Waals surface area contributed by atoms with Crippen LogP contribution in [0.4, 0.5) is 4.39 Å². The maximum absolute atomic E-state index is 12.9. The van der Waals surface area contributed by atoms with Crippen LogP contribution in [0.15, 0.2) is 0 Å². The molecule has 0 N–H and O–H groups in total. The lowest BCUT2D eigenvalue weighted by atomic mass is 9.87. The van der Waals surface area contributed by atoms with Gasteiger partial charge in [0.1, 0.15) is 6.17 Å². The van der Waals surface area contributed by atoms with E-state index in [-0.39, 0.29) is 0 Å². The van der Waals surface area contributed by atoms with Gasteiger partial charge in [-0.25, -0.2) is 4.39 Å². The highest BCUT2D eigenvalue weighted by molar-refractivity contribution is 4.76. The summed E-state index contributed by atoms with van der Waals surface area (Å²) in [7, 11) is 0. The third kappa shape index (κ3) is 2.94. The van der Waals surface area contributed by atoms with Crippen LogP contribution in [-0.4, -0.2) is 30.7 Å². The molecule has 0 spiro atoms. The van der Waals surface area contributed by atoms with Crippen molar-refractivity contribution in [3.63, 3.8) is 0 Å². The van der Waals surface area contributed by atoms with E-state index in [4.69, 9.17) is 0 Å². The molecule has 0 aromatic rings. The summed E-state index contributed by atoms with van der Waals surface area (Å²) in [5, 5.41) is 0. The molecule has 1 saturated heterocycles. The minimum atomic E-state index is -0.493. The summed E-state index contributed by atoms with van der Waals surface area (Å²) in [6.07, 6.45) is 7.55. The molecule has 0 aromatic carbocycles. The molecule has 0 atom stereocenters. The van der Waals surface area contributed by atoms with Gasteiger partial charge in [0.15, 0.2) is 0 Å². The quantitative estimate of drug-likeness (QED) is 0.661. The minimum absolute atomic E-state index is 0.493. The Kier molecular flexibility index (Phi) is 3.80. The highest BCUT2D eigenvalue weighted by Crippen LogP contribution is 2.27. The first kappa shape index (κ1) is 10.4. The van der Waals surface area contributed by atoms with E-state index in [1.807, 2.05) is 0 Å². The van der Waals surface area contributed by atoms with Gasteiger partial charge in [-0.3, -0.25) is 0 Å². The molecule has 1 aliphatic carbocycles. The Labute approximate surface area is 86.7 Å². The van der Waals surface area contributed by atoms with E-state index in [1.54, 1.807) is 0 Å². The van der Waals surface area contributed by atoms with E-state index in [2.05, 4.69) is 4.90 Å². The molecule has 0 amide bonds. The van der Waals surface area contributed by atoms with Crippen molar-refractivity contribution in [1.82, 2.24) is 4.90 Å². The first-order valence-corrected chi connectivity index (χ1v) is 6.21. The second kappa shape index (κ2) is 5.11. The van der Waals surface area contributed by atoms with Gasteiger partial charge in [0.2, 0.25) is 0 Å². The Balaban J connectivity index is 1.68. The van der Waals surface area contributed by atoms with E-state index in [1.165, 1.54) is 38.9 Å². The smallest absolute Gasteiger partial charge is 0.100 e. The fourth-order valence-corrected chi connectivity index (χ4v) is 2.81. The van der Waals surface area contributed by atoms with E-state index in [0.717, 1.165) is 31.6 Å². The molecule has 1 saturated carbocycles. The number of nitrogens with zero attached hydrogens (tertiary/aromatic N) is 1. The monoisotopic (exact) mass is 199 g/mol. The molecule has 82 valence electrons. The maximum Gasteiger partial charge on any atom is 0.100 e. The molecule has 0 bridgehead atoms. The van der Waals surface area contributed by atoms with Crippen molar-refractivity contribution in [2.75, 3.05) is 19.6 Å². The highest BCUT2D eigenvalue weighted by atomic mass is 19.1. The number of likely N-dealkylation sites (tertiary alicyclic amines) is 1. The average molecular weight is 199 g/mol. The second-order valence-corrected chi connectivity index (χ2v) is 4.98. The molecular formula is C12H22FN. The minimum Gasteiger partial charge on any atom is -0.303 e. The number of alkyl halides is 1. The van der Waals surface area contributed by atoms with Crippen molar-refractivity contribution in [2.45, 2.75) is 51.1 Å². The van der Waals surface area contributed by atoms with Crippen molar-refractivity contribution in [3.05, 3.63) is 0 Å². The molecular weight excluding hydrogens is 177 g/mol. The molecule has 1 heterocycles. The van der Waals surface area contributed by atoms with Gasteiger partial charge in [-0.15, -0.1) is 0 Å². The van der Waals surface area contributed by atoms with Crippen LogP contribution in [0.25, 0.3) is 0 Å². The maximum atomic E-state index is 12.9. The van der Waals surface area contributed by atoms with Gasteiger partial charge in [0.05, 0.1) is 0 Å². The van der Waals surface area contributed by atoms with Crippen molar-refractivity contribution in [3.8, 4) is 0 Å². The van der Waals surface area contributed by atoms with Crippen LogP contribution in [0.1, 0.15) is 44.9 Å². The predicted octanol–water partition coefficient (Wildman–Crippen LogP) is 3.00. The first-order chi connectivity index (χ1) is 6.84. The zero-order valence-corrected chi connectivity index (χ0v) is 9.05. The van der Waals surface area contributed by atoms with Gasteiger partial charge in [-0.1, -0.05) is 6.42 Å². The molecule has 2 rings (SSSR count).